The summed E-state index contributed by atoms with van der Waals surface area (Å²) in [7, 11) is 1.12. The van der Waals surface area contributed by atoms with Gasteiger partial charge in [-0.1, -0.05) is 17.7 Å². The molecule has 1 fully saturated rings. The van der Waals surface area contributed by atoms with E-state index in [4.69, 9.17) is 16.3 Å². The molecule has 1 aliphatic rings. The summed E-state index contributed by atoms with van der Waals surface area (Å²) in [5.74, 6) is -2.18. The molecule has 0 aliphatic carbocycles. The van der Waals surface area contributed by atoms with Crippen LogP contribution in [0.2, 0.25) is 5.02 Å². The van der Waals surface area contributed by atoms with Crippen molar-refractivity contribution in [2.45, 2.75) is 0 Å². The number of anilines is 1. The minimum Gasteiger partial charge on any atom is -0.465 e. The predicted molar refractivity (Wildman–Crippen MR) is 115 cm³/mol. The third-order valence-corrected chi connectivity index (χ3v) is 5.15. The molecule has 0 N–H and O–H groups in total. The molecular weight excluding hydrogens is 442 g/mol. The Morgan fingerprint density at radius 2 is 1.69 bits per heavy atom. The van der Waals surface area contributed by atoms with Gasteiger partial charge in [0.05, 0.1) is 23.2 Å². The van der Waals surface area contributed by atoms with Crippen LogP contribution in [0.5, 0.6) is 0 Å². The normalized spacial score (nSPS) is 13.4. The van der Waals surface area contributed by atoms with Gasteiger partial charge < -0.3 is 19.3 Å². The summed E-state index contributed by atoms with van der Waals surface area (Å²) in [6, 6.07) is 10.5. The van der Waals surface area contributed by atoms with Crippen molar-refractivity contribution in [1.82, 2.24) is 4.90 Å². The maximum Gasteiger partial charge on any atom is 0.338 e. The molecule has 1 heterocycles. The minimum absolute atomic E-state index is 0.169. The number of nitro benzene ring substituents is 1. The summed E-state index contributed by atoms with van der Waals surface area (Å²) in [4.78, 5) is 50.5. The SMILES string of the molecule is COC(=O)c1cc(C(=O)OCC(=O)N2CCN(c3cccc(Cl)c3)CC2)cc([N+](=O)[O-])c1. The average molecular weight is 462 g/mol. The van der Waals surface area contributed by atoms with E-state index in [0.29, 0.717) is 31.2 Å². The number of carbonyl (C=O) groups excluding carboxylic acids is 3. The molecule has 0 saturated carbocycles. The first-order valence-electron chi connectivity index (χ1n) is 9.61. The number of ether oxygens (including phenoxy) is 2. The first-order chi connectivity index (χ1) is 15.3. The smallest absolute Gasteiger partial charge is 0.338 e. The Morgan fingerprint density at radius 1 is 1.03 bits per heavy atom. The molecule has 10 nitrogen and oxygen atoms in total. The summed E-state index contributed by atoms with van der Waals surface area (Å²) in [5.41, 5.74) is 0.0988. The minimum atomic E-state index is -0.954. The van der Waals surface area contributed by atoms with Crippen LogP contribution in [-0.4, -0.2) is 67.6 Å². The Morgan fingerprint density at radius 3 is 2.28 bits per heavy atom. The van der Waals surface area contributed by atoms with Crippen LogP contribution in [0.4, 0.5) is 11.4 Å². The zero-order valence-electron chi connectivity index (χ0n) is 17.2. The number of nitro groups is 1. The van der Waals surface area contributed by atoms with Gasteiger partial charge in [-0.15, -0.1) is 0 Å². The highest BCUT2D eigenvalue weighted by molar-refractivity contribution is 6.30. The molecule has 1 saturated heterocycles. The van der Waals surface area contributed by atoms with Gasteiger partial charge in [-0.25, -0.2) is 9.59 Å². The summed E-state index contributed by atoms with van der Waals surface area (Å²) < 4.78 is 9.58. The molecule has 0 radical (unpaired) electrons. The Labute approximate surface area is 188 Å². The number of esters is 2. The molecule has 2 aromatic rings. The topological polar surface area (TPSA) is 119 Å². The number of rotatable bonds is 6. The van der Waals surface area contributed by atoms with E-state index < -0.39 is 29.2 Å². The first-order valence-corrected chi connectivity index (χ1v) is 9.99. The maximum absolute atomic E-state index is 12.5. The summed E-state index contributed by atoms with van der Waals surface area (Å²) >= 11 is 6.02. The molecule has 168 valence electrons. The van der Waals surface area contributed by atoms with Crippen LogP contribution in [0.1, 0.15) is 20.7 Å². The number of nitrogens with zero attached hydrogens (tertiary/aromatic N) is 3. The number of piperazine rings is 1. The fraction of sp³-hybridized carbons (Fsp3) is 0.286. The molecular formula is C21H20ClN3O7. The third-order valence-electron chi connectivity index (χ3n) is 4.92. The molecule has 32 heavy (non-hydrogen) atoms. The predicted octanol–water partition coefficient (Wildman–Crippen LogP) is 2.54. The van der Waals surface area contributed by atoms with Gasteiger partial charge in [0.25, 0.3) is 11.6 Å². The van der Waals surface area contributed by atoms with Gasteiger partial charge >= 0.3 is 11.9 Å². The standard InChI is InChI=1S/C21H20ClN3O7/c1-31-20(27)14-9-15(11-18(10-14)25(29)30)21(28)32-13-19(26)24-7-5-23(6-8-24)17-4-2-3-16(22)12-17/h2-4,9-12H,5-8,13H2,1H3. The van der Waals surface area contributed by atoms with Crippen LogP contribution in [0.15, 0.2) is 42.5 Å². The number of methoxy groups -OCH3 is 1. The number of hydrogen-bond acceptors (Lipinski definition) is 8. The molecule has 2 aromatic carbocycles. The molecule has 0 aromatic heterocycles. The maximum atomic E-state index is 12.5. The largest absolute Gasteiger partial charge is 0.465 e. The van der Waals surface area contributed by atoms with Gasteiger partial charge in [0, 0.05) is 49.0 Å². The van der Waals surface area contributed by atoms with E-state index in [-0.39, 0.29) is 17.0 Å². The monoisotopic (exact) mass is 461 g/mol. The highest BCUT2D eigenvalue weighted by Crippen LogP contribution is 2.21. The number of hydrogen-bond donors (Lipinski definition) is 0. The lowest BCUT2D eigenvalue weighted by atomic mass is 10.1. The Kier molecular flexibility index (Phi) is 7.26. The number of non-ortho nitro benzene ring substituents is 1. The number of carbonyl (C=O) groups is 3. The molecule has 0 atom stereocenters. The zero-order chi connectivity index (χ0) is 23.3. The van der Waals surface area contributed by atoms with E-state index >= 15 is 0 Å². The average Bonchev–Trinajstić information content (AvgIpc) is 2.81. The first kappa shape index (κ1) is 23.0. The molecule has 0 unspecified atom stereocenters. The van der Waals surface area contributed by atoms with Crippen LogP contribution < -0.4 is 4.90 Å². The Hall–Kier alpha value is -3.66. The van der Waals surface area contributed by atoms with Crippen molar-refractivity contribution < 1.29 is 28.8 Å². The summed E-state index contributed by atoms with van der Waals surface area (Å²) in [6.45, 7) is 1.53. The van der Waals surface area contributed by atoms with Crippen LogP contribution in [0.25, 0.3) is 0 Å². The lowest BCUT2D eigenvalue weighted by molar-refractivity contribution is -0.384. The van der Waals surface area contributed by atoms with Crippen molar-refractivity contribution in [2.75, 3.05) is 44.8 Å². The second kappa shape index (κ2) is 10.1. The third kappa shape index (κ3) is 5.52. The zero-order valence-corrected chi connectivity index (χ0v) is 17.9. The highest BCUT2D eigenvalue weighted by atomic mass is 35.5. The van der Waals surface area contributed by atoms with Crippen LogP contribution in [-0.2, 0) is 14.3 Å². The lowest BCUT2D eigenvalue weighted by Crippen LogP contribution is -2.49. The molecule has 0 bridgehead atoms. The number of halogens is 1. The summed E-state index contributed by atoms with van der Waals surface area (Å²) in [5, 5.41) is 11.7. The lowest BCUT2D eigenvalue weighted by Gasteiger charge is -2.36. The van der Waals surface area contributed by atoms with Gasteiger partial charge in [0.2, 0.25) is 0 Å². The Bertz CT molecular complexity index is 1050. The summed E-state index contributed by atoms with van der Waals surface area (Å²) in [6.07, 6.45) is 0. The highest BCUT2D eigenvalue weighted by Gasteiger charge is 2.24. The van der Waals surface area contributed by atoms with Gasteiger partial charge in [-0.2, -0.15) is 0 Å². The fourth-order valence-corrected chi connectivity index (χ4v) is 3.44. The van der Waals surface area contributed by atoms with Crippen LogP contribution >= 0.6 is 11.6 Å². The van der Waals surface area contributed by atoms with Crippen molar-refractivity contribution in [3.05, 3.63) is 68.7 Å². The van der Waals surface area contributed by atoms with E-state index in [1.54, 1.807) is 11.0 Å². The molecule has 3 rings (SSSR count). The van der Waals surface area contributed by atoms with E-state index in [1.807, 2.05) is 18.2 Å². The number of amides is 1. The van der Waals surface area contributed by atoms with Gasteiger partial charge in [0.1, 0.15) is 0 Å². The van der Waals surface area contributed by atoms with Gasteiger partial charge in [-0.05, 0) is 24.3 Å². The Balaban J connectivity index is 1.58. The molecule has 11 heteroatoms. The second-order valence-electron chi connectivity index (χ2n) is 6.94. The van der Waals surface area contributed by atoms with Crippen LogP contribution in [0, 0.1) is 10.1 Å². The van der Waals surface area contributed by atoms with Gasteiger partial charge in [0.15, 0.2) is 6.61 Å². The molecule has 0 spiro atoms. The van der Waals surface area contributed by atoms with E-state index in [1.165, 1.54) is 0 Å². The fourth-order valence-electron chi connectivity index (χ4n) is 3.26. The van der Waals surface area contributed by atoms with Crippen molar-refractivity contribution in [1.29, 1.82) is 0 Å². The van der Waals surface area contributed by atoms with Gasteiger partial charge in [-0.3, -0.25) is 14.9 Å². The van der Waals surface area contributed by atoms with E-state index in [2.05, 4.69) is 9.64 Å². The van der Waals surface area contributed by atoms with Crippen LogP contribution in [0.3, 0.4) is 0 Å². The van der Waals surface area contributed by atoms with Crippen molar-refractivity contribution >= 4 is 40.8 Å². The van der Waals surface area contributed by atoms with E-state index in [9.17, 15) is 24.5 Å². The van der Waals surface area contributed by atoms with Crippen molar-refractivity contribution in [3.63, 3.8) is 0 Å². The quantitative estimate of drug-likeness (QED) is 0.365. The van der Waals surface area contributed by atoms with E-state index in [0.717, 1.165) is 31.0 Å². The van der Waals surface area contributed by atoms with Crippen molar-refractivity contribution in [2.24, 2.45) is 0 Å². The second-order valence-corrected chi connectivity index (χ2v) is 7.38. The van der Waals surface area contributed by atoms with Crippen molar-refractivity contribution in [3.8, 4) is 0 Å². The molecule has 1 amide bonds. The number of benzene rings is 2. The molecule has 1 aliphatic heterocycles.